The van der Waals surface area contributed by atoms with Crippen LogP contribution in [0.25, 0.3) is 0 Å². The number of carbonyl (C=O) groups excluding carboxylic acids is 1. The highest BCUT2D eigenvalue weighted by Gasteiger charge is 2.38. The molecule has 7 heteroatoms. The minimum atomic E-state index is -3.14. The molecule has 0 unspecified atom stereocenters. The van der Waals surface area contributed by atoms with Gasteiger partial charge < -0.3 is 9.80 Å². The van der Waals surface area contributed by atoms with Crippen molar-refractivity contribution in [1.82, 2.24) is 14.7 Å². The van der Waals surface area contributed by atoms with Gasteiger partial charge in [-0.1, -0.05) is 12.1 Å². The van der Waals surface area contributed by atoms with Crippen LogP contribution in [0.2, 0.25) is 0 Å². The summed E-state index contributed by atoms with van der Waals surface area (Å²) in [6.07, 6.45) is 1.22. The van der Waals surface area contributed by atoms with Crippen molar-refractivity contribution in [2.24, 2.45) is 0 Å². The van der Waals surface area contributed by atoms with Crippen LogP contribution in [-0.4, -0.2) is 74.7 Å². The van der Waals surface area contributed by atoms with Gasteiger partial charge in [0.2, 0.25) is 0 Å². The van der Waals surface area contributed by atoms with E-state index in [-0.39, 0.29) is 12.1 Å². The van der Waals surface area contributed by atoms with E-state index in [9.17, 15) is 13.2 Å². The number of likely N-dealkylation sites (N-methyl/N-ethyl adjacent to an activating group) is 1. The third-order valence-corrected chi connectivity index (χ3v) is 5.51. The normalized spacial score (nSPS) is 23.0. The topological polar surface area (TPSA) is 60.9 Å². The molecule has 6 nitrogen and oxygen atoms in total. The number of hydrogen-bond acceptors (Lipinski definition) is 4. The summed E-state index contributed by atoms with van der Waals surface area (Å²) in [6, 6.07) is 7.45. The average Bonchev–Trinajstić information content (AvgIpc) is 2.73. The maximum absolute atomic E-state index is 11.9. The highest BCUT2D eigenvalue weighted by atomic mass is 32.2. The summed E-state index contributed by atoms with van der Waals surface area (Å²) in [5.41, 5.74) is 1.10. The average molecular weight is 323 g/mol. The van der Waals surface area contributed by atoms with Gasteiger partial charge in [-0.15, -0.1) is 0 Å². The number of nitrogens with zero attached hydrogens (tertiary/aromatic N) is 3. The largest absolute Gasteiger partial charge is 0.326 e. The molecule has 120 valence electrons. The highest BCUT2D eigenvalue weighted by molar-refractivity contribution is 7.90. The first kappa shape index (κ1) is 15.3. The first-order valence-corrected chi connectivity index (χ1v) is 9.27. The van der Waals surface area contributed by atoms with Crippen molar-refractivity contribution in [3.05, 3.63) is 29.8 Å². The lowest BCUT2D eigenvalue weighted by Crippen LogP contribution is -2.51. The summed E-state index contributed by atoms with van der Waals surface area (Å²) in [7, 11) is -1.30. The van der Waals surface area contributed by atoms with Gasteiger partial charge in [-0.25, -0.2) is 13.2 Å². The molecular formula is C15H21N3O3S. The molecule has 0 spiro atoms. The Morgan fingerprint density at radius 2 is 1.82 bits per heavy atom. The maximum Gasteiger partial charge on any atom is 0.320 e. The van der Waals surface area contributed by atoms with Crippen molar-refractivity contribution in [3.63, 3.8) is 0 Å². The van der Waals surface area contributed by atoms with Gasteiger partial charge in [0, 0.05) is 46.0 Å². The van der Waals surface area contributed by atoms with E-state index in [1.165, 1.54) is 6.26 Å². The molecule has 0 saturated carbocycles. The van der Waals surface area contributed by atoms with E-state index >= 15 is 0 Å². The molecule has 0 aliphatic carbocycles. The van der Waals surface area contributed by atoms with Crippen molar-refractivity contribution in [2.75, 3.05) is 39.5 Å². The zero-order valence-electron chi connectivity index (χ0n) is 12.9. The molecule has 0 N–H and O–H groups in total. The minimum Gasteiger partial charge on any atom is -0.326 e. The summed E-state index contributed by atoms with van der Waals surface area (Å²) < 4.78 is 22.9. The molecule has 1 atom stereocenters. The number of piperazine rings is 1. The smallest absolute Gasteiger partial charge is 0.320 e. The van der Waals surface area contributed by atoms with Crippen molar-refractivity contribution in [3.8, 4) is 0 Å². The van der Waals surface area contributed by atoms with Crippen LogP contribution < -0.4 is 0 Å². The molecular weight excluding hydrogens is 302 g/mol. The Hall–Kier alpha value is -1.60. The molecule has 0 radical (unpaired) electrons. The van der Waals surface area contributed by atoms with Crippen LogP contribution in [0.5, 0.6) is 0 Å². The predicted molar refractivity (Wildman–Crippen MR) is 83.3 cm³/mol. The first-order chi connectivity index (χ1) is 10.3. The Labute approximate surface area is 131 Å². The molecule has 2 fully saturated rings. The third-order valence-electron chi connectivity index (χ3n) is 4.38. The van der Waals surface area contributed by atoms with E-state index < -0.39 is 9.84 Å². The zero-order chi connectivity index (χ0) is 15.9. The second-order valence-electron chi connectivity index (χ2n) is 6.16. The Balaban J connectivity index is 1.64. The number of fused-ring (bicyclic) bond motifs is 1. The maximum atomic E-state index is 11.9. The van der Waals surface area contributed by atoms with Crippen molar-refractivity contribution in [1.29, 1.82) is 0 Å². The monoisotopic (exact) mass is 323 g/mol. The van der Waals surface area contributed by atoms with Crippen LogP contribution in [0.3, 0.4) is 0 Å². The van der Waals surface area contributed by atoms with E-state index in [4.69, 9.17) is 0 Å². The quantitative estimate of drug-likeness (QED) is 0.819. The number of sulfone groups is 1. The molecule has 2 saturated heterocycles. The Morgan fingerprint density at radius 1 is 1.14 bits per heavy atom. The van der Waals surface area contributed by atoms with Gasteiger partial charge in [0.1, 0.15) is 0 Å². The molecule has 0 bridgehead atoms. The first-order valence-electron chi connectivity index (χ1n) is 7.38. The molecule has 2 amide bonds. The summed E-state index contributed by atoms with van der Waals surface area (Å²) >= 11 is 0. The lowest BCUT2D eigenvalue weighted by atomic mass is 10.1. The number of benzene rings is 1. The van der Waals surface area contributed by atoms with Crippen LogP contribution >= 0.6 is 0 Å². The molecule has 2 aliphatic rings. The Bertz CT molecular complexity index is 672. The van der Waals surface area contributed by atoms with Crippen molar-refractivity contribution < 1.29 is 13.2 Å². The Morgan fingerprint density at radius 3 is 2.45 bits per heavy atom. The fraction of sp³-hybridized carbons (Fsp3) is 0.533. The van der Waals surface area contributed by atoms with Gasteiger partial charge in [-0.2, -0.15) is 0 Å². The third kappa shape index (κ3) is 2.96. The molecule has 0 aromatic heterocycles. The zero-order valence-corrected chi connectivity index (χ0v) is 13.7. The molecule has 22 heavy (non-hydrogen) atoms. The van der Waals surface area contributed by atoms with Crippen LogP contribution in [0.15, 0.2) is 29.2 Å². The molecule has 2 aliphatic heterocycles. The summed E-state index contributed by atoms with van der Waals surface area (Å²) in [6.45, 7) is 4.04. The van der Waals surface area contributed by atoms with Gasteiger partial charge in [-0.3, -0.25) is 4.90 Å². The minimum absolute atomic E-state index is 0.127. The Kier molecular flexibility index (Phi) is 3.86. The van der Waals surface area contributed by atoms with Crippen LogP contribution in [0.1, 0.15) is 5.56 Å². The van der Waals surface area contributed by atoms with E-state index in [0.717, 1.165) is 38.3 Å². The van der Waals surface area contributed by atoms with E-state index in [1.807, 2.05) is 24.1 Å². The van der Waals surface area contributed by atoms with E-state index in [2.05, 4.69) is 4.90 Å². The van der Waals surface area contributed by atoms with Crippen molar-refractivity contribution >= 4 is 15.9 Å². The number of hydrogen-bond donors (Lipinski definition) is 0. The van der Waals surface area contributed by atoms with Crippen LogP contribution in [0, 0.1) is 0 Å². The molecule has 1 aromatic carbocycles. The SMILES string of the molecule is CN1C[C@H]2CN(Cc3ccc(S(C)(=O)=O)cc3)CCN2C1=O. The van der Waals surface area contributed by atoms with E-state index in [0.29, 0.717) is 4.90 Å². The lowest BCUT2D eigenvalue weighted by molar-refractivity contribution is 0.116. The second-order valence-corrected chi connectivity index (χ2v) is 8.18. The van der Waals surface area contributed by atoms with Gasteiger partial charge in [0.25, 0.3) is 0 Å². The standard InChI is InChI=1S/C15H21N3O3S/c1-16-10-13-11-17(7-8-18(13)15(16)19)9-12-3-5-14(6-4-12)22(2,20)21/h3-6,13H,7-11H2,1-2H3/t13-/m0/s1. The second kappa shape index (κ2) is 5.55. The lowest BCUT2D eigenvalue weighted by Gasteiger charge is -2.36. The van der Waals surface area contributed by atoms with Crippen LogP contribution in [0.4, 0.5) is 4.79 Å². The predicted octanol–water partition coefficient (Wildman–Crippen LogP) is 0.642. The van der Waals surface area contributed by atoms with Crippen molar-refractivity contribution in [2.45, 2.75) is 17.5 Å². The fourth-order valence-corrected chi connectivity index (χ4v) is 3.82. The molecule has 3 rings (SSSR count). The molecule has 2 heterocycles. The number of carbonyl (C=O) groups is 1. The fourth-order valence-electron chi connectivity index (χ4n) is 3.19. The van der Waals surface area contributed by atoms with E-state index in [1.54, 1.807) is 17.0 Å². The summed E-state index contributed by atoms with van der Waals surface area (Å²) in [5.74, 6) is 0. The number of urea groups is 1. The van der Waals surface area contributed by atoms with Gasteiger partial charge in [-0.05, 0) is 17.7 Å². The van der Waals surface area contributed by atoms with Gasteiger partial charge in [0.15, 0.2) is 9.84 Å². The van der Waals surface area contributed by atoms with Gasteiger partial charge in [0.05, 0.1) is 10.9 Å². The number of rotatable bonds is 3. The summed E-state index contributed by atoms with van der Waals surface area (Å²) in [5, 5.41) is 0. The molecule has 1 aromatic rings. The number of amides is 2. The van der Waals surface area contributed by atoms with Crippen LogP contribution in [-0.2, 0) is 16.4 Å². The van der Waals surface area contributed by atoms with Gasteiger partial charge >= 0.3 is 6.03 Å². The highest BCUT2D eigenvalue weighted by Crippen LogP contribution is 2.21. The summed E-state index contributed by atoms with van der Waals surface area (Å²) in [4.78, 5) is 18.3.